The summed E-state index contributed by atoms with van der Waals surface area (Å²) >= 11 is 0. The number of hydrogen-bond acceptors (Lipinski definition) is 1. The fourth-order valence-corrected chi connectivity index (χ4v) is 4.10. The molecule has 30 heavy (non-hydrogen) atoms. The summed E-state index contributed by atoms with van der Waals surface area (Å²) in [6.07, 6.45) is 0. The largest absolute Gasteiger partial charge is 0.344 e. The molecule has 144 valence electrons. The minimum Gasteiger partial charge on any atom is -0.344 e. The quantitative estimate of drug-likeness (QED) is 0.303. The minimum atomic E-state index is 1.17. The van der Waals surface area contributed by atoms with E-state index in [9.17, 15) is 0 Å². The summed E-state index contributed by atoms with van der Waals surface area (Å²) in [5.41, 5.74) is 7.33. The van der Waals surface area contributed by atoms with Crippen LogP contribution in [0.5, 0.6) is 0 Å². The van der Waals surface area contributed by atoms with Crippen molar-refractivity contribution >= 4 is 22.1 Å². The molecule has 0 amide bonds. The van der Waals surface area contributed by atoms with Crippen LogP contribution in [0.25, 0.3) is 33.0 Å². The minimum absolute atomic E-state index is 1.17. The Morgan fingerprint density at radius 2 is 1.03 bits per heavy atom. The van der Waals surface area contributed by atoms with Gasteiger partial charge in [0.15, 0.2) is 0 Å². The number of rotatable bonds is 4. The van der Waals surface area contributed by atoms with Crippen LogP contribution in [0, 0.1) is 0 Å². The first-order valence-electron chi connectivity index (χ1n) is 10.3. The molecule has 0 unspecified atom stereocenters. The highest BCUT2D eigenvalue weighted by Crippen LogP contribution is 2.40. The molecule has 0 N–H and O–H groups in total. The molecule has 1 nitrogen and oxygen atoms in total. The summed E-state index contributed by atoms with van der Waals surface area (Å²) in [5, 5.41) is 2.51. The monoisotopic (exact) mass is 385 g/mol. The number of anilines is 2. The van der Waals surface area contributed by atoms with Crippen LogP contribution in [0.15, 0.2) is 121 Å². The zero-order chi connectivity index (χ0) is 20.3. The molecule has 0 bridgehead atoms. The van der Waals surface area contributed by atoms with E-state index in [0.29, 0.717) is 0 Å². The van der Waals surface area contributed by atoms with Gasteiger partial charge in [0.25, 0.3) is 0 Å². The first-order valence-corrected chi connectivity index (χ1v) is 10.3. The van der Waals surface area contributed by atoms with E-state index in [1.54, 1.807) is 0 Å². The predicted molar refractivity (Wildman–Crippen MR) is 129 cm³/mol. The molecule has 0 atom stereocenters. The summed E-state index contributed by atoms with van der Waals surface area (Å²) in [6.45, 7) is 0. The van der Waals surface area contributed by atoms with Crippen molar-refractivity contribution in [2.45, 2.75) is 0 Å². The van der Waals surface area contributed by atoms with Crippen molar-refractivity contribution < 1.29 is 0 Å². The van der Waals surface area contributed by atoms with Gasteiger partial charge < -0.3 is 4.90 Å². The van der Waals surface area contributed by atoms with Gasteiger partial charge in [-0.3, -0.25) is 0 Å². The molecular formula is C29H23N. The molecule has 0 aliphatic heterocycles. The molecule has 0 spiro atoms. The Kier molecular flexibility index (Phi) is 4.78. The van der Waals surface area contributed by atoms with Gasteiger partial charge in [0.05, 0.1) is 5.69 Å². The first-order chi connectivity index (χ1) is 14.8. The van der Waals surface area contributed by atoms with Crippen LogP contribution < -0.4 is 4.90 Å². The molecule has 0 radical (unpaired) electrons. The van der Waals surface area contributed by atoms with E-state index in [4.69, 9.17) is 0 Å². The molecule has 0 heterocycles. The highest BCUT2D eigenvalue weighted by molar-refractivity contribution is 6.03. The standard InChI is InChI=1S/C29H23N/c1-30(26-19-16-23(17-20-26)22-10-4-2-5-11-22)29-27-15-9-8-14-25(27)18-21-28(29)24-12-6-3-7-13-24/h2-21H,1H3. The Bertz CT molecular complexity index is 1270. The van der Waals surface area contributed by atoms with Gasteiger partial charge in [0.2, 0.25) is 0 Å². The van der Waals surface area contributed by atoms with Gasteiger partial charge in [0.1, 0.15) is 0 Å². The third-order valence-electron chi connectivity index (χ3n) is 5.68. The third kappa shape index (κ3) is 3.35. The fraction of sp³-hybridized carbons (Fsp3) is 0.0345. The molecule has 5 rings (SSSR count). The van der Waals surface area contributed by atoms with E-state index < -0.39 is 0 Å². The maximum atomic E-state index is 2.30. The van der Waals surface area contributed by atoms with Crippen molar-refractivity contribution in [2.75, 3.05) is 11.9 Å². The number of fused-ring (bicyclic) bond motifs is 1. The molecule has 0 saturated carbocycles. The Hall–Kier alpha value is -3.84. The normalized spacial score (nSPS) is 10.8. The van der Waals surface area contributed by atoms with E-state index in [-0.39, 0.29) is 0 Å². The van der Waals surface area contributed by atoms with Crippen molar-refractivity contribution in [3.05, 3.63) is 121 Å². The van der Waals surface area contributed by atoms with E-state index in [1.807, 2.05) is 0 Å². The lowest BCUT2D eigenvalue weighted by Gasteiger charge is -2.25. The van der Waals surface area contributed by atoms with Crippen LogP contribution in [0.3, 0.4) is 0 Å². The first kappa shape index (κ1) is 18.2. The van der Waals surface area contributed by atoms with Crippen LogP contribution in [0.1, 0.15) is 0 Å². The lowest BCUT2D eigenvalue weighted by molar-refractivity contribution is 1.22. The maximum absolute atomic E-state index is 2.30. The lowest BCUT2D eigenvalue weighted by Crippen LogP contribution is -2.11. The highest BCUT2D eigenvalue weighted by atomic mass is 15.1. The van der Waals surface area contributed by atoms with E-state index in [2.05, 4.69) is 133 Å². The van der Waals surface area contributed by atoms with Gasteiger partial charge in [-0.05, 0) is 34.2 Å². The highest BCUT2D eigenvalue weighted by Gasteiger charge is 2.15. The zero-order valence-corrected chi connectivity index (χ0v) is 17.0. The Balaban J connectivity index is 1.63. The molecule has 0 fully saturated rings. The van der Waals surface area contributed by atoms with Crippen molar-refractivity contribution in [3.8, 4) is 22.3 Å². The maximum Gasteiger partial charge on any atom is 0.0567 e. The number of nitrogens with zero attached hydrogens (tertiary/aromatic N) is 1. The number of benzene rings is 5. The van der Waals surface area contributed by atoms with Gasteiger partial charge >= 0.3 is 0 Å². The summed E-state index contributed by atoms with van der Waals surface area (Å²) in [7, 11) is 2.16. The van der Waals surface area contributed by atoms with E-state index in [0.717, 1.165) is 0 Å². The molecular weight excluding hydrogens is 362 g/mol. The molecule has 5 aromatic rings. The van der Waals surface area contributed by atoms with E-state index >= 15 is 0 Å². The fourth-order valence-electron chi connectivity index (χ4n) is 4.10. The van der Waals surface area contributed by atoms with Crippen molar-refractivity contribution in [3.63, 3.8) is 0 Å². The molecule has 0 aliphatic carbocycles. The summed E-state index contributed by atoms with van der Waals surface area (Å²) in [6, 6.07) is 43.0. The van der Waals surface area contributed by atoms with Gasteiger partial charge in [-0.15, -0.1) is 0 Å². The van der Waals surface area contributed by atoms with Gasteiger partial charge in [-0.25, -0.2) is 0 Å². The summed E-state index contributed by atoms with van der Waals surface area (Å²) in [4.78, 5) is 2.30. The Morgan fingerprint density at radius 3 is 1.73 bits per heavy atom. The van der Waals surface area contributed by atoms with Gasteiger partial charge in [0, 0.05) is 23.7 Å². The number of hydrogen-bond donors (Lipinski definition) is 0. The van der Waals surface area contributed by atoms with Crippen LogP contribution in [-0.2, 0) is 0 Å². The van der Waals surface area contributed by atoms with E-state index in [1.165, 1.54) is 44.4 Å². The SMILES string of the molecule is CN(c1ccc(-c2ccccc2)cc1)c1c(-c2ccccc2)ccc2ccccc12. The lowest BCUT2D eigenvalue weighted by atomic mass is 9.97. The molecule has 0 aliphatic rings. The van der Waals surface area contributed by atoms with Crippen LogP contribution in [0.4, 0.5) is 11.4 Å². The summed E-state index contributed by atoms with van der Waals surface area (Å²) in [5.74, 6) is 0. The third-order valence-corrected chi connectivity index (χ3v) is 5.68. The van der Waals surface area contributed by atoms with Crippen LogP contribution in [0.2, 0.25) is 0 Å². The predicted octanol–water partition coefficient (Wildman–Crippen LogP) is 7.94. The zero-order valence-electron chi connectivity index (χ0n) is 17.0. The van der Waals surface area contributed by atoms with Crippen molar-refractivity contribution in [2.24, 2.45) is 0 Å². The average Bonchev–Trinajstić information content (AvgIpc) is 2.84. The van der Waals surface area contributed by atoms with Gasteiger partial charge in [-0.2, -0.15) is 0 Å². The molecule has 1 heteroatoms. The summed E-state index contributed by atoms with van der Waals surface area (Å²) < 4.78 is 0. The second-order valence-corrected chi connectivity index (χ2v) is 7.52. The van der Waals surface area contributed by atoms with Crippen LogP contribution in [-0.4, -0.2) is 7.05 Å². The average molecular weight is 386 g/mol. The molecule has 0 aromatic heterocycles. The topological polar surface area (TPSA) is 3.24 Å². The Labute approximate surface area is 177 Å². The molecule has 0 saturated heterocycles. The van der Waals surface area contributed by atoms with Gasteiger partial charge in [-0.1, -0.05) is 109 Å². The second kappa shape index (κ2) is 7.88. The Morgan fingerprint density at radius 1 is 0.467 bits per heavy atom. The second-order valence-electron chi connectivity index (χ2n) is 7.52. The van der Waals surface area contributed by atoms with Crippen molar-refractivity contribution in [1.82, 2.24) is 0 Å². The smallest absolute Gasteiger partial charge is 0.0567 e. The van der Waals surface area contributed by atoms with Crippen LogP contribution >= 0.6 is 0 Å². The molecule has 5 aromatic carbocycles. The van der Waals surface area contributed by atoms with Crippen molar-refractivity contribution in [1.29, 1.82) is 0 Å².